The molecule has 1 N–H and O–H groups in total. The quantitative estimate of drug-likeness (QED) is 0.861. The van der Waals surface area contributed by atoms with Gasteiger partial charge in [0.15, 0.2) is 5.69 Å². The van der Waals surface area contributed by atoms with Crippen molar-refractivity contribution in [3.8, 4) is 0 Å². The van der Waals surface area contributed by atoms with Crippen LogP contribution < -0.4 is 0 Å². The Morgan fingerprint density at radius 2 is 2.25 bits per heavy atom. The summed E-state index contributed by atoms with van der Waals surface area (Å²) in [6.45, 7) is 5.09. The number of rotatable bonds is 3. The second-order valence-electron chi connectivity index (χ2n) is 5.17. The zero-order valence-electron chi connectivity index (χ0n) is 11.5. The predicted octanol–water partition coefficient (Wildman–Crippen LogP) is 1.77. The fraction of sp³-hybridized carbons (Fsp3) is 0.667. The van der Waals surface area contributed by atoms with E-state index in [1.54, 1.807) is 11.8 Å². The average Bonchev–Trinajstić information content (AvgIpc) is 2.81. The summed E-state index contributed by atoms with van der Waals surface area (Å²) in [6, 6.07) is 0. The van der Waals surface area contributed by atoms with E-state index in [0.717, 1.165) is 12.8 Å². The number of H-pyrrole nitrogens is 1. The molecule has 1 amide bonds. The molecule has 0 bridgehead atoms. The molecule has 1 saturated heterocycles. The molecule has 0 saturated carbocycles. The predicted molar refractivity (Wildman–Crippen MR) is 75.3 cm³/mol. The van der Waals surface area contributed by atoms with Crippen LogP contribution in [0.15, 0.2) is 4.90 Å². The highest BCUT2D eigenvalue weighted by molar-refractivity contribution is 8.13. The molecule has 1 aliphatic rings. The van der Waals surface area contributed by atoms with E-state index in [1.807, 2.05) is 0 Å². The van der Waals surface area contributed by atoms with E-state index < -0.39 is 9.05 Å². The van der Waals surface area contributed by atoms with Gasteiger partial charge in [0.1, 0.15) is 4.90 Å². The van der Waals surface area contributed by atoms with Crippen LogP contribution in [0.5, 0.6) is 0 Å². The van der Waals surface area contributed by atoms with Crippen molar-refractivity contribution in [2.45, 2.75) is 38.0 Å². The minimum absolute atomic E-state index is 0.0917. The summed E-state index contributed by atoms with van der Waals surface area (Å²) >= 11 is 0. The highest BCUT2D eigenvalue weighted by Gasteiger charge is 2.31. The van der Waals surface area contributed by atoms with Gasteiger partial charge in [-0.3, -0.25) is 9.89 Å². The minimum atomic E-state index is -4.00. The van der Waals surface area contributed by atoms with Crippen LogP contribution in [-0.2, 0) is 15.5 Å². The maximum absolute atomic E-state index is 12.5. The normalized spacial score (nSPS) is 20.1. The van der Waals surface area contributed by atoms with Crippen molar-refractivity contribution in [2.24, 2.45) is 5.92 Å². The van der Waals surface area contributed by atoms with Gasteiger partial charge in [0.2, 0.25) is 0 Å². The van der Waals surface area contributed by atoms with E-state index in [1.165, 1.54) is 0 Å². The van der Waals surface area contributed by atoms with Crippen molar-refractivity contribution in [1.82, 2.24) is 15.1 Å². The van der Waals surface area contributed by atoms with Gasteiger partial charge >= 0.3 is 0 Å². The van der Waals surface area contributed by atoms with Crippen LogP contribution >= 0.6 is 10.7 Å². The van der Waals surface area contributed by atoms with Gasteiger partial charge in [-0.25, -0.2) is 8.42 Å². The van der Waals surface area contributed by atoms with Gasteiger partial charge in [-0.05, 0) is 25.2 Å². The third-order valence-corrected chi connectivity index (χ3v) is 4.93. The zero-order chi connectivity index (χ0) is 14.9. The Bertz CT molecular complexity index is 611. The van der Waals surface area contributed by atoms with Gasteiger partial charge < -0.3 is 4.90 Å². The number of aromatic nitrogens is 2. The van der Waals surface area contributed by atoms with Crippen molar-refractivity contribution in [3.05, 3.63) is 11.4 Å². The van der Waals surface area contributed by atoms with Crippen molar-refractivity contribution in [3.63, 3.8) is 0 Å². The molecule has 1 fully saturated rings. The largest absolute Gasteiger partial charge is 0.337 e. The number of hydrogen-bond acceptors (Lipinski definition) is 4. The van der Waals surface area contributed by atoms with Gasteiger partial charge in [0.05, 0.1) is 5.69 Å². The molecule has 0 aromatic carbocycles. The number of hydrogen-bond donors (Lipinski definition) is 1. The third kappa shape index (κ3) is 2.98. The van der Waals surface area contributed by atoms with Crippen LogP contribution in [0.4, 0.5) is 0 Å². The number of nitrogens with one attached hydrogen (secondary N) is 1. The zero-order valence-corrected chi connectivity index (χ0v) is 13.1. The summed E-state index contributed by atoms with van der Waals surface area (Å²) in [7, 11) is 1.44. The lowest BCUT2D eigenvalue weighted by molar-refractivity contribution is 0.0673. The van der Waals surface area contributed by atoms with Gasteiger partial charge in [-0.2, -0.15) is 5.10 Å². The van der Waals surface area contributed by atoms with Crippen LogP contribution in [0.25, 0.3) is 0 Å². The molecular weight excluding hydrogens is 302 g/mol. The van der Waals surface area contributed by atoms with E-state index in [4.69, 9.17) is 10.7 Å². The summed E-state index contributed by atoms with van der Waals surface area (Å²) in [4.78, 5) is 13.9. The molecule has 20 heavy (non-hydrogen) atoms. The number of nitrogens with zero attached hydrogens (tertiary/aromatic N) is 2. The number of piperidine rings is 1. The Labute approximate surface area is 122 Å². The summed E-state index contributed by atoms with van der Waals surface area (Å²) in [5.74, 6) is 0.0417. The van der Waals surface area contributed by atoms with Crippen LogP contribution in [-0.4, -0.2) is 42.5 Å². The van der Waals surface area contributed by atoms with Gasteiger partial charge in [-0.15, -0.1) is 0 Å². The lowest BCUT2D eigenvalue weighted by Gasteiger charge is -2.30. The molecule has 0 radical (unpaired) electrons. The standard InChI is InChI=1S/C12H18ClN3O3S/c1-3-9-11(20(13,18)19)10(15-14-9)12(17)16-6-4-5-8(2)7-16/h8H,3-7H2,1-2H3,(H,14,15). The molecule has 1 aromatic rings. The topological polar surface area (TPSA) is 83.1 Å². The fourth-order valence-corrected chi connectivity index (χ4v) is 3.89. The molecule has 0 aliphatic carbocycles. The second-order valence-corrected chi connectivity index (χ2v) is 7.67. The molecule has 1 unspecified atom stereocenters. The number of aryl methyl sites for hydroxylation is 1. The van der Waals surface area contributed by atoms with Crippen LogP contribution in [0.1, 0.15) is 42.9 Å². The molecule has 1 aliphatic heterocycles. The van der Waals surface area contributed by atoms with Crippen LogP contribution in [0, 0.1) is 5.92 Å². The maximum Gasteiger partial charge on any atom is 0.275 e. The lowest BCUT2D eigenvalue weighted by atomic mass is 10.00. The van der Waals surface area contributed by atoms with Crippen molar-refractivity contribution in [1.29, 1.82) is 0 Å². The van der Waals surface area contributed by atoms with Gasteiger partial charge in [-0.1, -0.05) is 13.8 Å². The Hall–Kier alpha value is -1.08. The Morgan fingerprint density at radius 3 is 2.80 bits per heavy atom. The highest BCUT2D eigenvalue weighted by Crippen LogP contribution is 2.25. The van der Waals surface area contributed by atoms with E-state index in [2.05, 4.69) is 17.1 Å². The number of carbonyl (C=O) groups is 1. The number of amides is 1. The van der Waals surface area contributed by atoms with Crippen molar-refractivity contribution in [2.75, 3.05) is 13.1 Å². The fourth-order valence-electron chi connectivity index (χ4n) is 2.54. The lowest BCUT2D eigenvalue weighted by Crippen LogP contribution is -2.39. The molecule has 1 atom stereocenters. The number of aromatic amines is 1. The molecule has 112 valence electrons. The SMILES string of the molecule is CCc1[nH]nc(C(=O)N2CCCC(C)C2)c1S(=O)(=O)Cl. The summed E-state index contributed by atoms with van der Waals surface area (Å²) in [5, 5.41) is 6.47. The van der Waals surface area contributed by atoms with E-state index in [-0.39, 0.29) is 16.5 Å². The number of carbonyl (C=O) groups excluding carboxylic acids is 1. The first-order chi connectivity index (χ1) is 9.34. The Morgan fingerprint density at radius 1 is 1.55 bits per heavy atom. The van der Waals surface area contributed by atoms with Crippen molar-refractivity contribution < 1.29 is 13.2 Å². The van der Waals surface area contributed by atoms with Gasteiger partial charge in [0.25, 0.3) is 15.0 Å². The first-order valence-electron chi connectivity index (χ1n) is 6.65. The monoisotopic (exact) mass is 319 g/mol. The smallest absolute Gasteiger partial charge is 0.275 e. The van der Waals surface area contributed by atoms with Crippen LogP contribution in [0.3, 0.4) is 0 Å². The molecule has 6 nitrogen and oxygen atoms in total. The van der Waals surface area contributed by atoms with E-state index in [9.17, 15) is 13.2 Å². The minimum Gasteiger partial charge on any atom is -0.337 e. The second kappa shape index (κ2) is 5.73. The van der Waals surface area contributed by atoms with Crippen LogP contribution in [0.2, 0.25) is 0 Å². The summed E-state index contributed by atoms with van der Waals surface area (Å²) < 4.78 is 23.4. The van der Waals surface area contributed by atoms with E-state index >= 15 is 0 Å². The molecular formula is C12H18ClN3O3S. The summed E-state index contributed by atoms with van der Waals surface area (Å²) in [5.41, 5.74) is 0.277. The number of likely N-dealkylation sites (tertiary alicyclic amines) is 1. The Balaban J connectivity index is 2.38. The van der Waals surface area contributed by atoms with Gasteiger partial charge in [0, 0.05) is 23.8 Å². The number of halogens is 1. The molecule has 8 heteroatoms. The molecule has 2 heterocycles. The third-order valence-electron chi connectivity index (χ3n) is 3.54. The van der Waals surface area contributed by atoms with Crippen molar-refractivity contribution >= 4 is 25.6 Å². The van der Waals surface area contributed by atoms with E-state index in [0.29, 0.717) is 31.1 Å². The molecule has 1 aromatic heterocycles. The maximum atomic E-state index is 12.5. The first-order valence-corrected chi connectivity index (χ1v) is 8.96. The average molecular weight is 320 g/mol. The first kappa shape index (κ1) is 15.3. The molecule has 2 rings (SSSR count). The summed E-state index contributed by atoms with van der Waals surface area (Å²) in [6.07, 6.45) is 2.41. The Kier molecular flexibility index (Phi) is 4.39. The highest BCUT2D eigenvalue weighted by atomic mass is 35.7. The molecule has 0 spiro atoms.